The molecule has 0 saturated carbocycles. The normalized spacial score (nSPS) is 12.7. The molecule has 1 unspecified atom stereocenters. The Hall–Kier alpha value is -1.26. The van der Waals surface area contributed by atoms with Crippen LogP contribution in [0.4, 0.5) is 0 Å². The summed E-state index contributed by atoms with van der Waals surface area (Å²) in [6.45, 7) is 2.06. The van der Waals surface area contributed by atoms with Crippen LogP contribution in [0.15, 0.2) is 30.2 Å². The van der Waals surface area contributed by atoms with Crippen LogP contribution in [0.5, 0.6) is 0 Å². The highest BCUT2D eigenvalue weighted by Crippen LogP contribution is 2.19. The second kappa shape index (κ2) is 4.51. The molecule has 1 atom stereocenters. The number of rotatable bonds is 3. The molecule has 0 fully saturated rings. The van der Waals surface area contributed by atoms with Gasteiger partial charge < -0.3 is 5.73 Å². The van der Waals surface area contributed by atoms with Gasteiger partial charge in [0.05, 0.1) is 5.51 Å². The molecule has 2 aromatic heterocycles. The Morgan fingerprint density at radius 2 is 2.27 bits per heavy atom. The zero-order valence-corrected chi connectivity index (χ0v) is 9.37. The smallest absolute Gasteiger partial charge is 0.0794 e. The maximum Gasteiger partial charge on any atom is 0.0794 e. The van der Waals surface area contributed by atoms with Crippen LogP contribution in [0.3, 0.4) is 0 Å². The van der Waals surface area contributed by atoms with Gasteiger partial charge in [0, 0.05) is 35.9 Å². The minimum Gasteiger partial charge on any atom is -0.324 e. The van der Waals surface area contributed by atoms with Gasteiger partial charge >= 0.3 is 0 Å². The highest BCUT2D eigenvalue weighted by molar-refractivity contribution is 7.09. The van der Waals surface area contributed by atoms with Crippen molar-refractivity contribution in [3.63, 3.8) is 0 Å². The van der Waals surface area contributed by atoms with Crippen molar-refractivity contribution in [3.8, 4) is 0 Å². The van der Waals surface area contributed by atoms with Crippen LogP contribution in [-0.2, 0) is 6.42 Å². The fourth-order valence-corrected chi connectivity index (χ4v) is 2.19. The number of thiazole rings is 1. The minimum absolute atomic E-state index is 0.0131. The number of pyridine rings is 1. The van der Waals surface area contributed by atoms with Gasteiger partial charge in [0.2, 0.25) is 0 Å². The molecule has 0 amide bonds. The van der Waals surface area contributed by atoms with Gasteiger partial charge in [-0.15, -0.1) is 11.3 Å². The lowest BCUT2D eigenvalue weighted by Gasteiger charge is -2.12. The summed E-state index contributed by atoms with van der Waals surface area (Å²) in [5.41, 5.74) is 10.3. The Bertz CT molecular complexity index is 425. The quantitative estimate of drug-likeness (QED) is 0.860. The third kappa shape index (κ3) is 2.40. The Labute approximate surface area is 93.0 Å². The minimum atomic E-state index is 0.0131. The lowest BCUT2D eigenvalue weighted by Crippen LogP contribution is -2.14. The van der Waals surface area contributed by atoms with Crippen molar-refractivity contribution in [2.24, 2.45) is 5.73 Å². The lowest BCUT2D eigenvalue weighted by atomic mass is 10.0. The van der Waals surface area contributed by atoms with E-state index in [2.05, 4.69) is 16.9 Å². The van der Waals surface area contributed by atoms with Gasteiger partial charge in [-0.2, -0.15) is 0 Å². The van der Waals surface area contributed by atoms with Crippen molar-refractivity contribution < 1.29 is 0 Å². The molecule has 4 heteroatoms. The standard InChI is InChI=1S/C11H13N3S/c1-8-2-3-13-6-10(8)11(12)4-9-5-14-7-15-9/h2-3,5-7,11H,4,12H2,1H3. The SMILES string of the molecule is Cc1ccncc1C(N)Cc1cncs1. The van der Waals surface area contributed by atoms with Crippen molar-refractivity contribution in [2.75, 3.05) is 0 Å². The predicted octanol–water partition coefficient (Wildman–Crippen LogP) is 2.09. The average Bonchev–Trinajstić information content (AvgIpc) is 2.71. The summed E-state index contributed by atoms with van der Waals surface area (Å²) in [5, 5.41) is 0. The second-order valence-electron chi connectivity index (χ2n) is 3.51. The average molecular weight is 219 g/mol. The van der Waals surface area contributed by atoms with Crippen molar-refractivity contribution in [1.82, 2.24) is 9.97 Å². The molecule has 0 saturated heterocycles. The summed E-state index contributed by atoms with van der Waals surface area (Å²) in [5.74, 6) is 0. The number of aryl methyl sites for hydroxylation is 1. The summed E-state index contributed by atoms with van der Waals surface area (Å²) in [7, 11) is 0. The van der Waals surface area contributed by atoms with E-state index in [0.717, 1.165) is 12.0 Å². The molecule has 0 aliphatic rings. The monoisotopic (exact) mass is 219 g/mol. The third-order valence-corrected chi connectivity index (χ3v) is 3.19. The molecule has 0 spiro atoms. The van der Waals surface area contributed by atoms with Crippen molar-refractivity contribution in [1.29, 1.82) is 0 Å². The molecule has 0 aliphatic heterocycles. The van der Waals surface area contributed by atoms with E-state index in [9.17, 15) is 0 Å². The van der Waals surface area contributed by atoms with E-state index in [0.29, 0.717) is 0 Å². The van der Waals surface area contributed by atoms with E-state index in [1.165, 1.54) is 10.4 Å². The van der Waals surface area contributed by atoms with Crippen LogP contribution in [0.2, 0.25) is 0 Å². The van der Waals surface area contributed by atoms with E-state index in [1.54, 1.807) is 17.5 Å². The maximum atomic E-state index is 6.13. The van der Waals surface area contributed by atoms with E-state index in [4.69, 9.17) is 5.73 Å². The lowest BCUT2D eigenvalue weighted by molar-refractivity contribution is 0.719. The first kappa shape index (κ1) is 10.3. The van der Waals surface area contributed by atoms with Gasteiger partial charge in [-0.3, -0.25) is 9.97 Å². The van der Waals surface area contributed by atoms with Crippen LogP contribution in [0, 0.1) is 6.92 Å². The van der Waals surface area contributed by atoms with E-state index >= 15 is 0 Å². The Kier molecular flexibility index (Phi) is 3.08. The van der Waals surface area contributed by atoms with Gasteiger partial charge in [0.25, 0.3) is 0 Å². The van der Waals surface area contributed by atoms with Crippen LogP contribution >= 0.6 is 11.3 Å². The van der Waals surface area contributed by atoms with Crippen LogP contribution in [-0.4, -0.2) is 9.97 Å². The summed E-state index contributed by atoms with van der Waals surface area (Å²) >= 11 is 1.64. The van der Waals surface area contributed by atoms with E-state index < -0.39 is 0 Å². The Balaban J connectivity index is 2.15. The zero-order chi connectivity index (χ0) is 10.7. The third-order valence-electron chi connectivity index (χ3n) is 2.38. The van der Waals surface area contributed by atoms with Crippen LogP contribution in [0.1, 0.15) is 22.0 Å². The van der Waals surface area contributed by atoms with Gasteiger partial charge in [0.1, 0.15) is 0 Å². The fourth-order valence-electron chi connectivity index (χ4n) is 1.53. The van der Waals surface area contributed by atoms with Crippen molar-refractivity contribution in [3.05, 3.63) is 46.2 Å². The molecule has 0 radical (unpaired) electrons. The topological polar surface area (TPSA) is 51.8 Å². The van der Waals surface area contributed by atoms with E-state index in [-0.39, 0.29) is 6.04 Å². The molecule has 3 nitrogen and oxygen atoms in total. The molecular formula is C11H13N3S. The number of nitrogens with two attached hydrogens (primary N) is 1. The number of hydrogen-bond donors (Lipinski definition) is 1. The predicted molar refractivity (Wildman–Crippen MR) is 61.7 cm³/mol. The highest BCUT2D eigenvalue weighted by atomic mass is 32.1. The highest BCUT2D eigenvalue weighted by Gasteiger charge is 2.10. The molecular weight excluding hydrogens is 206 g/mol. The van der Waals surface area contributed by atoms with Crippen molar-refractivity contribution in [2.45, 2.75) is 19.4 Å². The number of hydrogen-bond acceptors (Lipinski definition) is 4. The van der Waals surface area contributed by atoms with Gasteiger partial charge in [-0.05, 0) is 24.1 Å². The summed E-state index contributed by atoms with van der Waals surface area (Å²) in [6.07, 6.45) is 6.34. The van der Waals surface area contributed by atoms with Crippen LogP contribution in [0.25, 0.3) is 0 Å². The first-order valence-corrected chi connectivity index (χ1v) is 5.69. The largest absolute Gasteiger partial charge is 0.324 e. The molecule has 0 aromatic carbocycles. The summed E-state index contributed by atoms with van der Waals surface area (Å²) < 4.78 is 0. The maximum absolute atomic E-state index is 6.13. The first-order chi connectivity index (χ1) is 7.27. The molecule has 15 heavy (non-hydrogen) atoms. The number of nitrogens with zero attached hydrogens (tertiary/aromatic N) is 2. The molecule has 2 aromatic rings. The molecule has 0 bridgehead atoms. The van der Waals surface area contributed by atoms with Crippen LogP contribution < -0.4 is 5.73 Å². The first-order valence-electron chi connectivity index (χ1n) is 4.81. The molecule has 78 valence electrons. The number of aromatic nitrogens is 2. The van der Waals surface area contributed by atoms with E-state index in [1.807, 2.05) is 24.0 Å². The Morgan fingerprint density at radius 3 is 2.93 bits per heavy atom. The molecule has 2 N–H and O–H groups in total. The molecule has 2 heterocycles. The second-order valence-corrected chi connectivity index (χ2v) is 4.48. The zero-order valence-electron chi connectivity index (χ0n) is 8.55. The molecule has 0 aliphatic carbocycles. The molecule has 2 rings (SSSR count). The van der Waals surface area contributed by atoms with Gasteiger partial charge in [-0.25, -0.2) is 0 Å². The summed E-state index contributed by atoms with van der Waals surface area (Å²) in [4.78, 5) is 9.36. The Morgan fingerprint density at radius 1 is 1.40 bits per heavy atom. The van der Waals surface area contributed by atoms with Crippen molar-refractivity contribution >= 4 is 11.3 Å². The summed E-state index contributed by atoms with van der Waals surface area (Å²) in [6, 6.07) is 2.00. The van der Waals surface area contributed by atoms with Gasteiger partial charge in [0.15, 0.2) is 0 Å². The fraction of sp³-hybridized carbons (Fsp3) is 0.273. The van der Waals surface area contributed by atoms with Gasteiger partial charge in [-0.1, -0.05) is 0 Å².